The van der Waals surface area contributed by atoms with E-state index in [1.807, 2.05) is 4.90 Å². The van der Waals surface area contributed by atoms with Gasteiger partial charge in [-0.3, -0.25) is 9.69 Å². The molecule has 0 aromatic carbocycles. The molecule has 0 amide bonds. The van der Waals surface area contributed by atoms with Crippen molar-refractivity contribution in [3.05, 3.63) is 0 Å². The Morgan fingerprint density at radius 3 is 2.72 bits per heavy atom. The molecule has 1 aliphatic rings. The van der Waals surface area contributed by atoms with E-state index in [0.29, 0.717) is 12.2 Å². The van der Waals surface area contributed by atoms with Crippen LogP contribution in [-0.4, -0.2) is 60.6 Å². The number of nitrogens with zero attached hydrogens (tertiary/aromatic N) is 1. The predicted molar refractivity (Wildman–Crippen MR) is 73.6 cm³/mol. The Morgan fingerprint density at radius 1 is 1.39 bits per heavy atom. The van der Waals surface area contributed by atoms with Crippen molar-refractivity contribution in [2.45, 2.75) is 31.1 Å². The van der Waals surface area contributed by atoms with Crippen molar-refractivity contribution in [1.29, 1.82) is 0 Å². The Balaban J connectivity index is 2.32. The first-order valence-electron chi connectivity index (χ1n) is 6.13. The third kappa shape index (κ3) is 5.58. The number of carbonyl (C=O) groups is 1. The number of rotatable bonds is 7. The first kappa shape index (κ1) is 15.8. The van der Waals surface area contributed by atoms with Gasteiger partial charge >= 0.3 is 5.97 Å². The van der Waals surface area contributed by atoms with E-state index in [9.17, 15) is 13.2 Å². The van der Waals surface area contributed by atoms with Crippen molar-refractivity contribution in [2.75, 3.05) is 30.9 Å². The molecule has 0 radical (unpaired) electrons. The van der Waals surface area contributed by atoms with Crippen LogP contribution in [0.4, 0.5) is 0 Å². The molecule has 0 aromatic rings. The molecular formula is C11H21NO4S2. The van der Waals surface area contributed by atoms with Crippen molar-refractivity contribution >= 4 is 27.6 Å². The molecule has 1 fully saturated rings. The molecule has 18 heavy (non-hydrogen) atoms. The van der Waals surface area contributed by atoms with Gasteiger partial charge in [0.1, 0.15) is 5.37 Å². The lowest BCUT2D eigenvalue weighted by Gasteiger charge is -2.33. The monoisotopic (exact) mass is 295 g/mol. The van der Waals surface area contributed by atoms with E-state index in [0.717, 1.165) is 31.7 Å². The summed E-state index contributed by atoms with van der Waals surface area (Å²) in [5.74, 6) is 0.855. The molecule has 7 heteroatoms. The van der Waals surface area contributed by atoms with Gasteiger partial charge in [-0.15, -0.1) is 0 Å². The van der Waals surface area contributed by atoms with Gasteiger partial charge in [0.25, 0.3) is 0 Å². The second-order valence-corrected chi connectivity index (χ2v) is 7.95. The lowest BCUT2D eigenvalue weighted by molar-refractivity contribution is -0.137. The molecule has 1 rings (SSSR count). The Labute approximate surface area is 113 Å². The van der Waals surface area contributed by atoms with E-state index >= 15 is 0 Å². The minimum atomic E-state index is -3.02. The van der Waals surface area contributed by atoms with E-state index in [1.165, 1.54) is 6.26 Å². The SMILES string of the molecule is CS(=O)(=O)C1CSCCN1CCCCCC(=O)O. The molecule has 1 atom stereocenters. The average Bonchev–Trinajstić information content (AvgIpc) is 2.27. The number of hydrogen-bond donors (Lipinski definition) is 1. The van der Waals surface area contributed by atoms with Crippen LogP contribution >= 0.6 is 11.8 Å². The smallest absolute Gasteiger partial charge is 0.303 e. The number of aliphatic carboxylic acids is 1. The zero-order valence-electron chi connectivity index (χ0n) is 10.7. The van der Waals surface area contributed by atoms with E-state index in [-0.39, 0.29) is 11.8 Å². The summed E-state index contributed by atoms with van der Waals surface area (Å²) in [5.41, 5.74) is 0. The molecule has 0 aliphatic carbocycles. The molecule has 0 aromatic heterocycles. The van der Waals surface area contributed by atoms with E-state index in [2.05, 4.69) is 0 Å². The third-order valence-electron chi connectivity index (χ3n) is 3.02. The summed E-state index contributed by atoms with van der Waals surface area (Å²) in [5, 5.41) is 8.15. The molecule has 0 bridgehead atoms. The zero-order valence-corrected chi connectivity index (χ0v) is 12.3. The fourth-order valence-corrected chi connectivity index (χ4v) is 5.01. The number of sulfone groups is 1. The Hall–Kier alpha value is -0.270. The van der Waals surface area contributed by atoms with Crippen LogP contribution in [0.25, 0.3) is 0 Å². The fourth-order valence-electron chi connectivity index (χ4n) is 2.03. The molecule has 106 valence electrons. The van der Waals surface area contributed by atoms with Gasteiger partial charge in [-0.1, -0.05) is 6.42 Å². The lowest BCUT2D eigenvalue weighted by Crippen LogP contribution is -2.47. The van der Waals surface area contributed by atoms with Crippen LogP contribution in [0, 0.1) is 0 Å². The van der Waals surface area contributed by atoms with E-state index < -0.39 is 15.8 Å². The summed E-state index contributed by atoms with van der Waals surface area (Å²) >= 11 is 1.68. The molecule has 1 unspecified atom stereocenters. The summed E-state index contributed by atoms with van der Waals surface area (Å²) in [6, 6.07) is 0. The number of carboxylic acid groups (broad SMARTS) is 1. The minimum Gasteiger partial charge on any atom is -0.481 e. The van der Waals surface area contributed by atoms with Crippen LogP contribution in [0.1, 0.15) is 25.7 Å². The van der Waals surface area contributed by atoms with Crippen LogP contribution in [0.15, 0.2) is 0 Å². The van der Waals surface area contributed by atoms with Crippen molar-refractivity contribution in [2.24, 2.45) is 0 Å². The number of hydrogen-bond acceptors (Lipinski definition) is 5. The van der Waals surface area contributed by atoms with Gasteiger partial charge < -0.3 is 5.11 Å². The normalized spacial score (nSPS) is 21.9. The van der Waals surface area contributed by atoms with E-state index in [4.69, 9.17) is 5.11 Å². The second-order valence-electron chi connectivity index (χ2n) is 4.60. The molecule has 5 nitrogen and oxygen atoms in total. The van der Waals surface area contributed by atoms with Crippen molar-refractivity contribution in [3.63, 3.8) is 0 Å². The van der Waals surface area contributed by atoms with Gasteiger partial charge in [0, 0.05) is 30.7 Å². The van der Waals surface area contributed by atoms with Crippen LogP contribution in [0.2, 0.25) is 0 Å². The lowest BCUT2D eigenvalue weighted by atomic mass is 10.2. The number of thioether (sulfide) groups is 1. The van der Waals surface area contributed by atoms with Crippen LogP contribution < -0.4 is 0 Å². The van der Waals surface area contributed by atoms with Crippen LogP contribution in [0.5, 0.6) is 0 Å². The van der Waals surface area contributed by atoms with Gasteiger partial charge in [0.05, 0.1) is 0 Å². The van der Waals surface area contributed by atoms with Crippen molar-refractivity contribution in [3.8, 4) is 0 Å². The Morgan fingerprint density at radius 2 is 2.11 bits per heavy atom. The largest absolute Gasteiger partial charge is 0.481 e. The molecule has 1 saturated heterocycles. The van der Waals surface area contributed by atoms with Gasteiger partial charge in [-0.2, -0.15) is 11.8 Å². The molecule has 0 saturated carbocycles. The maximum atomic E-state index is 11.6. The number of unbranched alkanes of at least 4 members (excludes halogenated alkanes) is 2. The first-order chi connectivity index (χ1) is 8.41. The van der Waals surface area contributed by atoms with Crippen molar-refractivity contribution < 1.29 is 18.3 Å². The van der Waals surface area contributed by atoms with Crippen LogP contribution in [-0.2, 0) is 14.6 Å². The summed E-state index contributed by atoms with van der Waals surface area (Å²) < 4.78 is 23.3. The number of carboxylic acids is 1. The zero-order chi connectivity index (χ0) is 13.6. The maximum Gasteiger partial charge on any atom is 0.303 e. The van der Waals surface area contributed by atoms with Crippen LogP contribution in [0.3, 0.4) is 0 Å². The fraction of sp³-hybridized carbons (Fsp3) is 0.909. The molecule has 1 heterocycles. The summed E-state index contributed by atoms with van der Waals surface area (Å²) in [4.78, 5) is 12.4. The highest BCUT2D eigenvalue weighted by Crippen LogP contribution is 2.20. The third-order valence-corrected chi connectivity index (χ3v) is 5.71. The van der Waals surface area contributed by atoms with Gasteiger partial charge in [-0.25, -0.2) is 8.42 Å². The Kier molecular flexibility index (Phi) is 6.45. The highest BCUT2D eigenvalue weighted by molar-refractivity contribution is 8.00. The molecule has 1 aliphatic heterocycles. The quantitative estimate of drug-likeness (QED) is 0.708. The van der Waals surface area contributed by atoms with Crippen molar-refractivity contribution in [1.82, 2.24) is 4.90 Å². The summed E-state index contributed by atoms with van der Waals surface area (Å²) in [6.07, 6.45) is 3.87. The predicted octanol–water partition coefficient (Wildman–Crippen LogP) is 1.05. The highest BCUT2D eigenvalue weighted by Gasteiger charge is 2.30. The van der Waals surface area contributed by atoms with Gasteiger partial charge in [-0.05, 0) is 19.4 Å². The minimum absolute atomic E-state index is 0.200. The van der Waals surface area contributed by atoms with Gasteiger partial charge in [0.15, 0.2) is 9.84 Å². The molecule has 0 spiro atoms. The molecule has 1 N–H and O–H groups in total. The topological polar surface area (TPSA) is 74.7 Å². The standard InChI is InChI=1S/C11H21NO4S2/c1-18(15,16)10-9-17-8-7-12(10)6-4-2-3-5-11(13)14/h10H,2-9H2,1H3,(H,13,14). The Bertz CT molecular complexity index is 369. The highest BCUT2D eigenvalue weighted by atomic mass is 32.2. The average molecular weight is 295 g/mol. The van der Waals surface area contributed by atoms with E-state index in [1.54, 1.807) is 11.8 Å². The first-order valence-corrected chi connectivity index (χ1v) is 9.24. The summed E-state index contributed by atoms with van der Waals surface area (Å²) in [7, 11) is -3.02. The van der Waals surface area contributed by atoms with Gasteiger partial charge in [0.2, 0.25) is 0 Å². The second kappa shape index (κ2) is 7.35. The summed E-state index contributed by atoms with van der Waals surface area (Å²) in [6.45, 7) is 1.55. The maximum absolute atomic E-state index is 11.6. The molecular weight excluding hydrogens is 274 g/mol.